The Hall–Kier alpha value is -1.97. The van der Waals surface area contributed by atoms with Gasteiger partial charge in [0.25, 0.3) is 0 Å². The number of carbonyl (C=O) groups is 2. The average Bonchev–Trinajstić information content (AvgIpc) is 2.60. The van der Waals surface area contributed by atoms with Gasteiger partial charge in [-0.1, -0.05) is 0 Å². The minimum atomic E-state index is -3.93. The van der Waals surface area contributed by atoms with Gasteiger partial charge in [0.2, 0.25) is 10.0 Å². The number of ether oxygens (including phenoxy) is 2. The Labute approximate surface area is 134 Å². The molecule has 1 fully saturated rings. The first-order chi connectivity index (χ1) is 10.9. The van der Waals surface area contributed by atoms with Crippen LogP contribution < -0.4 is 5.32 Å². The molecular formula is C14H18N2O6S. The summed E-state index contributed by atoms with van der Waals surface area (Å²) in [5, 5.41) is 3.05. The molecule has 23 heavy (non-hydrogen) atoms. The Kier molecular flexibility index (Phi) is 5.34. The second-order valence-corrected chi connectivity index (χ2v) is 6.75. The van der Waals surface area contributed by atoms with Crippen LogP contribution in [-0.4, -0.2) is 65.1 Å². The second-order valence-electron chi connectivity index (χ2n) is 4.85. The summed E-state index contributed by atoms with van der Waals surface area (Å²) in [7, 11) is -1.57. The van der Waals surface area contributed by atoms with E-state index in [4.69, 9.17) is 0 Å². The van der Waals surface area contributed by atoms with Crippen molar-refractivity contribution in [1.82, 2.24) is 9.62 Å². The molecule has 0 aromatic heterocycles. The minimum Gasteiger partial charge on any atom is -0.465 e. The summed E-state index contributed by atoms with van der Waals surface area (Å²) >= 11 is 0. The van der Waals surface area contributed by atoms with Gasteiger partial charge in [0, 0.05) is 26.2 Å². The van der Waals surface area contributed by atoms with Gasteiger partial charge in [-0.25, -0.2) is 18.0 Å². The van der Waals surface area contributed by atoms with Crippen LogP contribution in [0.2, 0.25) is 0 Å². The Morgan fingerprint density at radius 2 is 1.70 bits per heavy atom. The van der Waals surface area contributed by atoms with Crippen molar-refractivity contribution in [3.05, 3.63) is 29.3 Å². The van der Waals surface area contributed by atoms with Gasteiger partial charge in [-0.3, -0.25) is 0 Å². The summed E-state index contributed by atoms with van der Waals surface area (Å²) < 4.78 is 36.2. The van der Waals surface area contributed by atoms with Crippen molar-refractivity contribution in [3.63, 3.8) is 0 Å². The van der Waals surface area contributed by atoms with Crippen LogP contribution in [0, 0.1) is 0 Å². The van der Waals surface area contributed by atoms with Gasteiger partial charge in [-0.2, -0.15) is 4.31 Å². The maximum absolute atomic E-state index is 12.8. The first-order valence-corrected chi connectivity index (χ1v) is 8.37. The van der Waals surface area contributed by atoms with Crippen molar-refractivity contribution < 1.29 is 27.5 Å². The van der Waals surface area contributed by atoms with Crippen molar-refractivity contribution in [2.75, 3.05) is 40.4 Å². The standard InChI is InChI=1S/C14H18N2O6S/c1-21-13(17)10-3-4-11(14(18)22-2)12(9-10)23(19,20)16-7-5-15-6-8-16/h3-4,9,15H,5-8H2,1-2H3. The number of methoxy groups -OCH3 is 2. The van der Waals surface area contributed by atoms with E-state index in [1.54, 1.807) is 0 Å². The number of hydrogen-bond acceptors (Lipinski definition) is 7. The monoisotopic (exact) mass is 342 g/mol. The number of nitrogens with one attached hydrogen (secondary N) is 1. The van der Waals surface area contributed by atoms with Gasteiger partial charge in [0.1, 0.15) is 0 Å². The molecule has 0 spiro atoms. The van der Waals surface area contributed by atoms with E-state index in [2.05, 4.69) is 14.8 Å². The van der Waals surface area contributed by atoms with Crippen LogP contribution in [0.1, 0.15) is 20.7 Å². The van der Waals surface area contributed by atoms with Crippen LogP contribution >= 0.6 is 0 Å². The fraction of sp³-hybridized carbons (Fsp3) is 0.429. The lowest BCUT2D eigenvalue weighted by atomic mass is 10.1. The number of rotatable bonds is 4. The zero-order chi connectivity index (χ0) is 17.0. The summed E-state index contributed by atoms with van der Waals surface area (Å²) in [5.74, 6) is -1.46. The molecule has 2 rings (SSSR count). The number of hydrogen-bond donors (Lipinski definition) is 1. The zero-order valence-corrected chi connectivity index (χ0v) is 13.7. The number of carbonyl (C=O) groups excluding carboxylic acids is 2. The molecule has 0 saturated carbocycles. The molecule has 0 radical (unpaired) electrons. The van der Waals surface area contributed by atoms with E-state index < -0.39 is 22.0 Å². The molecule has 0 atom stereocenters. The molecule has 0 unspecified atom stereocenters. The molecule has 1 aliphatic rings. The fourth-order valence-electron chi connectivity index (χ4n) is 2.28. The first-order valence-electron chi connectivity index (χ1n) is 6.93. The molecule has 0 amide bonds. The van der Waals surface area contributed by atoms with Gasteiger partial charge in [0.05, 0.1) is 30.2 Å². The lowest BCUT2D eigenvalue weighted by Crippen LogP contribution is -2.46. The summed E-state index contributed by atoms with van der Waals surface area (Å²) in [6.07, 6.45) is 0. The predicted molar refractivity (Wildman–Crippen MR) is 80.7 cm³/mol. The van der Waals surface area contributed by atoms with Crippen molar-refractivity contribution in [1.29, 1.82) is 0 Å². The third-order valence-corrected chi connectivity index (χ3v) is 5.44. The highest BCUT2D eigenvalue weighted by Crippen LogP contribution is 2.23. The van der Waals surface area contributed by atoms with E-state index in [1.807, 2.05) is 0 Å². The maximum Gasteiger partial charge on any atom is 0.339 e. The highest BCUT2D eigenvalue weighted by molar-refractivity contribution is 7.89. The van der Waals surface area contributed by atoms with Gasteiger partial charge in [0.15, 0.2) is 0 Å². The molecule has 0 bridgehead atoms. The fourth-order valence-corrected chi connectivity index (χ4v) is 3.93. The van der Waals surface area contributed by atoms with Crippen molar-refractivity contribution >= 4 is 22.0 Å². The first kappa shape index (κ1) is 17.4. The van der Waals surface area contributed by atoms with E-state index in [0.29, 0.717) is 13.1 Å². The Bertz CT molecular complexity index is 710. The number of benzene rings is 1. The van der Waals surface area contributed by atoms with Crippen LogP contribution in [-0.2, 0) is 19.5 Å². The Balaban J connectivity index is 2.55. The Morgan fingerprint density at radius 3 is 2.26 bits per heavy atom. The van der Waals surface area contributed by atoms with Crippen molar-refractivity contribution in [2.24, 2.45) is 0 Å². The van der Waals surface area contributed by atoms with Crippen LogP contribution in [0.15, 0.2) is 23.1 Å². The molecule has 1 aromatic rings. The molecular weight excluding hydrogens is 324 g/mol. The Morgan fingerprint density at radius 1 is 1.09 bits per heavy atom. The molecule has 9 heteroatoms. The summed E-state index contributed by atoms with van der Waals surface area (Å²) in [6, 6.07) is 3.73. The van der Waals surface area contributed by atoms with Gasteiger partial charge in [-0.05, 0) is 18.2 Å². The van der Waals surface area contributed by atoms with Crippen molar-refractivity contribution in [2.45, 2.75) is 4.90 Å². The van der Waals surface area contributed by atoms with Crippen LogP contribution in [0.5, 0.6) is 0 Å². The molecule has 126 valence electrons. The molecule has 1 heterocycles. The number of piperazine rings is 1. The number of sulfonamides is 1. The predicted octanol–water partition coefficient (Wildman–Crippen LogP) is -0.146. The van der Waals surface area contributed by atoms with Crippen LogP contribution in [0.3, 0.4) is 0 Å². The number of nitrogens with zero attached hydrogens (tertiary/aromatic N) is 1. The molecule has 1 aromatic carbocycles. The van der Waals surface area contributed by atoms with E-state index in [1.165, 1.54) is 23.5 Å². The summed E-state index contributed by atoms with van der Waals surface area (Å²) in [6.45, 7) is 1.60. The topological polar surface area (TPSA) is 102 Å². The quantitative estimate of drug-likeness (QED) is 0.759. The highest BCUT2D eigenvalue weighted by atomic mass is 32.2. The third kappa shape index (κ3) is 3.52. The second kappa shape index (κ2) is 7.07. The molecule has 0 aliphatic carbocycles. The number of esters is 2. The lowest BCUT2D eigenvalue weighted by Gasteiger charge is -2.27. The normalized spacial score (nSPS) is 15.9. The largest absolute Gasteiger partial charge is 0.465 e. The van der Waals surface area contributed by atoms with Crippen LogP contribution in [0.25, 0.3) is 0 Å². The SMILES string of the molecule is COC(=O)c1ccc(C(=O)OC)c(S(=O)(=O)N2CCNCC2)c1. The minimum absolute atomic E-state index is 0.0499. The van der Waals surface area contributed by atoms with Gasteiger partial charge >= 0.3 is 11.9 Å². The maximum atomic E-state index is 12.8. The third-order valence-electron chi connectivity index (χ3n) is 3.50. The summed E-state index contributed by atoms with van der Waals surface area (Å²) in [5.41, 5.74) is -0.0625. The smallest absolute Gasteiger partial charge is 0.339 e. The van der Waals surface area contributed by atoms with Crippen molar-refractivity contribution in [3.8, 4) is 0 Å². The highest BCUT2D eigenvalue weighted by Gasteiger charge is 2.31. The van der Waals surface area contributed by atoms with Gasteiger partial charge < -0.3 is 14.8 Å². The summed E-state index contributed by atoms with van der Waals surface area (Å²) in [4.78, 5) is 23.3. The van der Waals surface area contributed by atoms with E-state index in [-0.39, 0.29) is 29.1 Å². The molecule has 1 saturated heterocycles. The molecule has 8 nitrogen and oxygen atoms in total. The molecule has 1 aliphatic heterocycles. The zero-order valence-electron chi connectivity index (χ0n) is 12.9. The van der Waals surface area contributed by atoms with E-state index >= 15 is 0 Å². The molecule has 1 N–H and O–H groups in total. The van der Waals surface area contributed by atoms with E-state index in [0.717, 1.165) is 13.2 Å². The van der Waals surface area contributed by atoms with Gasteiger partial charge in [-0.15, -0.1) is 0 Å². The average molecular weight is 342 g/mol. The van der Waals surface area contributed by atoms with E-state index in [9.17, 15) is 18.0 Å². The van der Waals surface area contributed by atoms with Crippen LogP contribution in [0.4, 0.5) is 0 Å². The lowest BCUT2D eigenvalue weighted by molar-refractivity contribution is 0.0583.